The summed E-state index contributed by atoms with van der Waals surface area (Å²) in [5.41, 5.74) is 2.13. The second kappa shape index (κ2) is 5.75. The highest BCUT2D eigenvalue weighted by Gasteiger charge is 2.30. The lowest BCUT2D eigenvalue weighted by molar-refractivity contribution is -0.130. The van der Waals surface area contributed by atoms with E-state index in [1.54, 1.807) is 18.3 Å². The number of rotatable bonds is 3. The molecule has 2 aromatic rings. The summed E-state index contributed by atoms with van der Waals surface area (Å²) in [6, 6.07) is 12.7. The number of carbonyl (C=O) groups excluding carboxylic acids is 2. The molecule has 0 bridgehead atoms. The fourth-order valence-electron chi connectivity index (χ4n) is 2.27. The molecule has 2 heterocycles. The van der Waals surface area contributed by atoms with Gasteiger partial charge >= 0.3 is 5.97 Å². The second-order valence-electron chi connectivity index (χ2n) is 4.79. The molecule has 1 N–H and O–H groups in total. The summed E-state index contributed by atoms with van der Waals surface area (Å²) in [5, 5.41) is 2.74. The summed E-state index contributed by atoms with van der Waals surface area (Å²) in [4.78, 5) is 28.1. The maximum atomic E-state index is 12.1. The van der Waals surface area contributed by atoms with Gasteiger partial charge in [0.15, 0.2) is 6.10 Å². The molecule has 0 fully saturated rings. The summed E-state index contributed by atoms with van der Waals surface area (Å²) in [7, 11) is 0. The van der Waals surface area contributed by atoms with Crippen molar-refractivity contribution in [3.05, 3.63) is 65.5 Å². The zero-order chi connectivity index (χ0) is 14.7. The Morgan fingerprint density at radius 3 is 2.86 bits per heavy atom. The average molecular weight is 282 g/mol. The van der Waals surface area contributed by atoms with Crippen LogP contribution in [-0.2, 0) is 22.5 Å². The second-order valence-corrected chi connectivity index (χ2v) is 4.79. The number of pyridine rings is 1. The van der Waals surface area contributed by atoms with Gasteiger partial charge in [-0.05, 0) is 23.8 Å². The molecule has 1 unspecified atom stereocenters. The Labute approximate surface area is 122 Å². The van der Waals surface area contributed by atoms with Crippen LogP contribution in [0.25, 0.3) is 0 Å². The minimum absolute atomic E-state index is 0.302. The van der Waals surface area contributed by atoms with Crippen molar-refractivity contribution in [1.82, 2.24) is 10.3 Å². The Kier molecular flexibility index (Phi) is 3.64. The molecule has 5 heteroatoms. The molecule has 1 atom stereocenters. The zero-order valence-electron chi connectivity index (χ0n) is 11.3. The first-order valence-electron chi connectivity index (χ1n) is 6.70. The van der Waals surface area contributed by atoms with Crippen molar-refractivity contribution in [3.8, 4) is 0 Å². The van der Waals surface area contributed by atoms with Crippen molar-refractivity contribution in [2.24, 2.45) is 0 Å². The lowest BCUT2D eigenvalue weighted by Crippen LogP contribution is -2.41. The van der Waals surface area contributed by atoms with Crippen LogP contribution < -0.4 is 5.32 Å². The van der Waals surface area contributed by atoms with E-state index < -0.39 is 12.1 Å². The molecule has 1 aromatic carbocycles. The van der Waals surface area contributed by atoms with Crippen LogP contribution >= 0.6 is 0 Å². The maximum Gasteiger partial charge on any atom is 0.339 e. The SMILES string of the molecule is O=C1OC(C(=O)NCc2ccccn2)Cc2ccccc21. The summed E-state index contributed by atoms with van der Waals surface area (Å²) in [5.74, 6) is -0.752. The van der Waals surface area contributed by atoms with Gasteiger partial charge in [0.1, 0.15) is 0 Å². The highest BCUT2D eigenvalue weighted by atomic mass is 16.5. The van der Waals surface area contributed by atoms with E-state index in [0.29, 0.717) is 18.5 Å². The van der Waals surface area contributed by atoms with Crippen molar-refractivity contribution in [1.29, 1.82) is 0 Å². The number of benzene rings is 1. The van der Waals surface area contributed by atoms with Crippen molar-refractivity contribution >= 4 is 11.9 Å². The molecular formula is C16H14N2O3. The Hall–Kier alpha value is -2.69. The number of hydrogen-bond acceptors (Lipinski definition) is 4. The predicted octanol–water partition coefficient (Wildman–Crippen LogP) is 1.48. The van der Waals surface area contributed by atoms with E-state index in [4.69, 9.17) is 4.74 Å². The van der Waals surface area contributed by atoms with E-state index >= 15 is 0 Å². The Morgan fingerprint density at radius 1 is 1.24 bits per heavy atom. The largest absolute Gasteiger partial charge is 0.448 e. The third kappa shape index (κ3) is 2.91. The van der Waals surface area contributed by atoms with Gasteiger partial charge in [-0.15, -0.1) is 0 Å². The van der Waals surface area contributed by atoms with Crippen LogP contribution in [0, 0.1) is 0 Å². The van der Waals surface area contributed by atoms with E-state index in [-0.39, 0.29) is 5.91 Å². The number of aromatic nitrogens is 1. The molecule has 0 saturated heterocycles. The van der Waals surface area contributed by atoms with Gasteiger partial charge in [-0.25, -0.2) is 4.79 Å². The highest BCUT2D eigenvalue weighted by molar-refractivity contribution is 5.95. The molecule has 0 spiro atoms. The number of esters is 1. The summed E-state index contributed by atoms with van der Waals surface area (Å²) in [6.07, 6.45) is 1.28. The van der Waals surface area contributed by atoms with Gasteiger partial charge in [-0.2, -0.15) is 0 Å². The quantitative estimate of drug-likeness (QED) is 0.866. The van der Waals surface area contributed by atoms with Crippen molar-refractivity contribution < 1.29 is 14.3 Å². The van der Waals surface area contributed by atoms with Crippen molar-refractivity contribution in [3.63, 3.8) is 0 Å². The van der Waals surface area contributed by atoms with Crippen LogP contribution in [0.4, 0.5) is 0 Å². The summed E-state index contributed by atoms with van der Waals surface area (Å²) < 4.78 is 5.19. The van der Waals surface area contributed by atoms with Gasteiger partial charge in [0.2, 0.25) is 0 Å². The molecule has 106 valence electrons. The standard InChI is InChI=1S/C16H14N2O3/c19-15(18-10-12-6-3-4-8-17-12)14-9-11-5-1-2-7-13(11)16(20)21-14/h1-8,14H,9-10H2,(H,18,19). The fourth-order valence-corrected chi connectivity index (χ4v) is 2.27. The number of ether oxygens (including phenoxy) is 1. The van der Waals surface area contributed by atoms with E-state index in [1.807, 2.05) is 30.3 Å². The lowest BCUT2D eigenvalue weighted by Gasteiger charge is -2.23. The lowest BCUT2D eigenvalue weighted by atomic mass is 9.98. The van der Waals surface area contributed by atoms with Crippen LogP contribution in [-0.4, -0.2) is 23.0 Å². The molecule has 1 aromatic heterocycles. The number of cyclic esters (lactones) is 1. The van der Waals surface area contributed by atoms with Gasteiger partial charge in [0.25, 0.3) is 5.91 Å². The smallest absolute Gasteiger partial charge is 0.339 e. The molecular weight excluding hydrogens is 268 g/mol. The number of nitrogens with zero attached hydrogens (tertiary/aromatic N) is 1. The number of amides is 1. The van der Waals surface area contributed by atoms with Gasteiger partial charge in [0.05, 0.1) is 17.8 Å². The van der Waals surface area contributed by atoms with E-state index in [0.717, 1.165) is 11.3 Å². The molecule has 5 nitrogen and oxygen atoms in total. The summed E-state index contributed by atoms with van der Waals surface area (Å²) >= 11 is 0. The Bertz CT molecular complexity index is 670. The number of carbonyl (C=O) groups is 2. The van der Waals surface area contributed by atoms with Crippen molar-refractivity contribution in [2.75, 3.05) is 0 Å². The molecule has 3 rings (SSSR count). The minimum atomic E-state index is -0.781. The van der Waals surface area contributed by atoms with Crippen LogP contribution in [0.1, 0.15) is 21.6 Å². The monoisotopic (exact) mass is 282 g/mol. The average Bonchev–Trinajstić information content (AvgIpc) is 2.53. The molecule has 1 amide bonds. The van der Waals surface area contributed by atoms with Gasteiger partial charge in [0, 0.05) is 12.6 Å². The van der Waals surface area contributed by atoms with Crippen LogP contribution in [0.5, 0.6) is 0 Å². The fraction of sp³-hybridized carbons (Fsp3) is 0.188. The van der Waals surface area contributed by atoms with Gasteiger partial charge < -0.3 is 10.1 Å². The van der Waals surface area contributed by atoms with Crippen LogP contribution in [0.2, 0.25) is 0 Å². The number of nitrogens with one attached hydrogen (secondary N) is 1. The number of fused-ring (bicyclic) bond motifs is 1. The molecule has 0 aliphatic carbocycles. The van der Waals surface area contributed by atoms with E-state index in [1.165, 1.54) is 0 Å². The van der Waals surface area contributed by atoms with E-state index in [9.17, 15) is 9.59 Å². The Balaban J connectivity index is 1.65. The zero-order valence-corrected chi connectivity index (χ0v) is 11.3. The van der Waals surface area contributed by atoms with E-state index in [2.05, 4.69) is 10.3 Å². The summed E-state index contributed by atoms with van der Waals surface area (Å²) in [6.45, 7) is 0.315. The first-order valence-corrected chi connectivity index (χ1v) is 6.70. The molecule has 1 aliphatic rings. The van der Waals surface area contributed by atoms with Crippen LogP contribution in [0.15, 0.2) is 48.7 Å². The third-order valence-corrected chi connectivity index (χ3v) is 3.35. The van der Waals surface area contributed by atoms with Gasteiger partial charge in [-0.3, -0.25) is 9.78 Å². The first kappa shape index (κ1) is 13.3. The predicted molar refractivity (Wildman–Crippen MR) is 75.4 cm³/mol. The van der Waals surface area contributed by atoms with Gasteiger partial charge in [-0.1, -0.05) is 24.3 Å². The van der Waals surface area contributed by atoms with Crippen molar-refractivity contribution in [2.45, 2.75) is 19.1 Å². The molecule has 0 saturated carbocycles. The minimum Gasteiger partial charge on any atom is -0.448 e. The molecule has 1 aliphatic heterocycles. The molecule has 21 heavy (non-hydrogen) atoms. The van der Waals surface area contributed by atoms with Crippen LogP contribution in [0.3, 0.4) is 0 Å². The first-order chi connectivity index (χ1) is 10.2. The third-order valence-electron chi connectivity index (χ3n) is 3.35. The maximum absolute atomic E-state index is 12.1. The topological polar surface area (TPSA) is 68.3 Å². The number of hydrogen-bond donors (Lipinski definition) is 1. The molecule has 0 radical (unpaired) electrons. The Morgan fingerprint density at radius 2 is 2.05 bits per heavy atom. The normalized spacial score (nSPS) is 16.8. The highest BCUT2D eigenvalue weighted by Crippen LogP contribution is 2.20.